The summed E-state index contributed by atoms with van der Waals surface area (Å²) in [7, 11) is 1.64. The van der Waals surface area contributed by atoms with Gasteiger partial charge in [-0.3, -0.25) is 0 Å². The highest BCUT2D eigenvalue weighted by Gasteiger charge is 2.03. The lowest BCUT2D eigenvalue weighted by atomic mass is 10.3. The van der Waals surface area contributed by atoms with E-state index < -0.39 is 0 Å². The van der Waals surface area contributed by atoms with Crippen molar-refractivity contribution in [3.63, 3.8) is 0 Å². The number of hydrogen-bond donors (Lipinski definition) is 1. The standard InChI is InChI=1S/C10H8Br2N2OS/c1-15-8-3-2-6(4-7(8)11)13-10-14-9(12)5-16-10/h2-5H,1H3,(H,13,14). The van der Waals surface area contributed by atoms with Gasteiger partial charge in [0.2, 0.25) is 0 Å². The molecule has 84 valence electrons. The van der Waals surface area contributed by atoms with E-state index in [9.17, 15) is 0 Å². The predicted molar refractivity (Wildman–Crippen MR) is 73.8 cm³/mol. The number of methoxy groups -OCH3 is 1. The molecule has 0 spiro atoms. The third-order valence-corrected chi connectivity index (χ3v) is 3.97. The number of rotatable bonds is 3. The van der Waals surface area contributed by atoms with E-state index in [0.29, 0.717) is 0 Å². The molecule has 0 amide bonds. The number of aromatic nitrogens is 1. The van der Waals surface area contributed by atoms with Gasteiger partial charge in [-0.15, -0.1) is 11.3 Å². The molecule has 0 aliphatic rings. The molecule has 1 aromatic carbocycles. The maximum Gasteiger partial charge on any atom is 0.188 e. The molecule has 1 heterocycles. The highest BCUT2D eigenvalue weighted by molar-refractivity contribution is 9.10. The van der Waals surface area contributed by atoms with E-state index in [4.69, 9.17) is 4.74 Å². The summed E-state index contributed by atoms with van der Waals surface area (Å²) >= 11 is 8.29. The van der Waals surface area contributed by atoms with E-state index in [1.54, 1.807) is 18.4 Å². The van der Waals surface area contributed by atoms with Crippen LogP contribution >= 0.6 is 43.2 Å². The Hall–Kier alpha value is -0.590. The van der Waals surface area contributed by atoms with Crippen LogP contribution in [0.1, 0.15) is 0 Å². The maximum atomic E-state index is 5.16. The van der Waals surface area contributed by atoms with Gasteiger partial charge in [-0.2, -0.15) is 0 Å². The summed E-state index contributed by atoms with van der Waals surface area (Å²) in [6, 6.07) is 5.79. The van der Waals surface area contributed by atoms with Crippen LogP contribution in [0, 0.1) is 0 Å². The van der Waals surface area contributed by atoms with Gasteiger partial charge in [0.15, 0.2) is 5.13 Å². The molecule has 2 aromatic rings. The van der Waals surface area contributed by atoms with Gasteiger partial charge in [-0.25, -0.2) is 4.98 Å². The second-order valence-corrected chi connectivity index (χ2v) is 5.47. The van der Waals surface area contributed by atoms with Crippen LogP contribution in [0.3, 0.4) is 0 Å². The molecule has 0 fully saturated rings. The van der Waals surface area contributed by atoms with Crippen LogP contribution in [0.5, 0.6) is 5.75 Å². The summed E-state index contributed by atoms with van der Waals surface area (Å²) < 4.78 is 6.91. The Bertz CT molecular complexity index is 501. The molecule has 0 bridgehead atoms. The van der Waals surface area contributed by atoms with E-state index in [-0.39, 0.29) is 0 Å². The Morgan fingerprint density at radius 2 is 2.19 bits per heavy atom. The van der Waals surface area contributed by atoms with Crippen molar-refractivity contribution in [2.24, 2.45) is 0 Å². The van der Waals surface area contributed by atoms with Gasteiger partial charge >= 0.3 is 0 Å². The lowest BCUT2D eigenvalue weighted by Crippen LogP contribution is -1.90. The highest BCUT2D eigenvalue weighted by Crippen LogP contribution is 2.30. The Balaban J connectivity index is 2.19. The van der Waals surface area contributed by atoms with Gasteiger partial charge in [0.1, 0.15) is 10.4 Å². The lowest BCUT2D eigenvalue weighted by molar-refractivity contribution is 0.412. The van der Waals surface area contributed by atoms with Crippen LogP contribution in [-0.2, 0) is 0 Å². The van der Waals surface area contributed by atoms with Crippen LogP contribution in [-0.4, -0.2) is 12.1 Å². The molecule has 3 nitrogen and oxygen atoms in total. The predicted octanol–water partition coefficient (Wildman–Crippen LogP) is 4.42. The number of nitrogens with one attached hydrogen (secondary N) is 1. The molecular formula is C10H8Br2N2OS. The van der Waals surface area contributed by atoms with Crippen molar-refractivity contribution in [3.05, 3.63) is 32.7 Å². The summed E-state index contributed by atoms with van der Waals surface area (Å²) in [5.74, 6) is 0.811. The number of halogens is 2. The Morgan fingerprint density at radius 3 is 2.75 bits per heavy atom. The Morgan fingerprint density at radius 1 is 1.38 bits per heavy atom. The highest BCUT2D eigenvalue weighted by atomic mass is 79.9. The minimum atomic E-state index is 0.811. The second-order valence-electron chi connectivity index (χ2n) is 2.95. The summed E-state index contributed by atoms with van der Waals surface area (Å²) in [4.78, 5) is 4.26. The first-order chi connectivity index (χ1) is 7.69. The van der Waals surface area contributed by atoms with Crippen molar-refractivity contribution < 1.29 is 4.74 Å². The van der Waals surface area contributed by atoms with Gasteiger partial charge in [-0.05, 0) is 50.1 Å². The number of anilines is 2. The normalized spacial score (nSPS) is 10.2. The van der Waals surface area contributed by atoms with E-state index in [1.165, 1.54) is 0 Å². The first kappa shape index (κ1) is 11.9. The van der Waals surface area contributed by atoms with Crippen molar-refractivity contribution in [3.8, 4) is 5.75 Å². The van der Waals surface area contributed by atoms with Crippen LogP contribution in [0.25, 0.3) is 0 Å². The molecule has 0 saturated carbocycles. The first-order valence-electron chi connectivity index (χ1n) is 4.40. The number of thiazole rings is 1. The molecule has 0 saturated heterocycles. The monoisotopic (exact) mass is 362 g/mol. The van der Waals surface area contributed by atoms with E-state index in [0.717, 1.165) is 25.6 Å². The average Bonchev–Trinajstić information content (AvgIpc) is 2.64. The van der Waals surface area contributed by atoms with E-state index >= 15 is 0 Å². The van der Waals surface area contributed by atoms with Crippen molar-refractivity contribution in [1.82, 2.24) is 4.98 Å². The molecular weight excluding hydrogens is 356 g/mol. The summed E-state index contributed by atoms with van der Waals surface area (Å²) in [5, 5.41) is 5.99. The fourth-order valence-corrected chi connectivity index (χ4v) is 2.88. The lowest BCUT2D eigenvalue weighted by Gasteiger charge is -2.06. The fourth-order valence-electron chi connectivity index (χ4n) is 1.18. The topological polar surface area (TPSA) is 34.1 Å². The minimum Gasteiger partial charge on any atom is -0.496 e. The van der Waals surface area contributed by atoms with Gasteiger partial charge in [-0.1, -0.05) is 0 Å². The van der Waals surface area contributed by atoms with Gasteiger partial charge < -0.3 is 10.1 Å². The quantitative estimate of drug-likeness (QED) is 0.876. The summed E-state index contributed by atoms with van der Waals surface area (Å²) in [6.07, 6.45) is 0. The number of benzene rings is 1. The third kappa shape index (κ3) is 2.75. The van der Waals surface area contributed by atoms with Crippen LogP contribution in [0.4, 0.5) is 10.8 Å². The van der Waals surface area contributed by atoms with Crippen molar-refractivity contribution in [2.75, 3.05) is 12.4 Å². The molecule has 0 radical (unpaired) electrons. The number of nitrogens with zero attached hydrogens (tertiary/aromatic N) is 1. The Labute approximate surface area is 114 Å². The largest absolute Gasteiger partial charge is 0.496 e. The van der Waals surface area contributed by atoms with Crippen LogP contribution < -0.4 is 10.1 Å². The van der Waals surface area contributed by atoms with Gasteiger partial charge in [0.25, 0.3) is 0 Å². The molecule has 2 rings (SSSR count). The molecule has 16 heavy (non-hydrogen) atoms. The zero-order valence-corrected chi connectivity index (χ0v) is 12.3. The Kier molecular flexibility index (Phi) is 3.83. The molecule has 0 unspecified atom stereocenters. The molecule has 1 N–H and O–H groups in total. The maximum absolute atomic E-state index is 5.16. The fraction of sp³-hybridized carbons (Fsp3) is 0.100. The summed E-state index contributed by atoms with van der Waals surface area (Å²) in [5.41, 5.74) is 0.967. The van der Waals surface area contributed by atoms with E-state index in [2.05, 4.69) is 42.2 Å². The number of hydrogen-bond acceptors (Lipinski definition) is 4. The summed E-state index contributed by atoms with van der Waals surface area (Å²) in [6.45, 7) is 0. The molecule has 6 heteroatoms. The molecule has 0 aliphatic carbocycles. The number of ether oxygens (including phenoxy) is 1. The average molecular weight is 364 g/mol. The minimum absolute atomic E-state index is 0.811. The SMILES string of the molecule is COc1ccc(Nc2nc(Br)cs2)cc1Br. The van der Waals surface area contributed by atoms with Crippen molar-refractivity contribution >= 4 is 54.0 Å². The van der Waals surface area contributed by atoms with Crippen molar-refractivity contribution in [2.45, 2.75) is 0 Å². The molecule has 0 aliphatic heterocycles. The van der Waals surface area contributed by atoms with E-state index in [1.807, 2.05) is 23.6 Å². The van der Waals surface area contributed by atoms with Crippen LogP contribution in [0.2, 0.25) is 0 Å². The first-order valence-corrected chi connectivity index (χ1v) is 6.87. The van der Waals surface area contributed by atoms with Gasteiger partial charge in [0.05, 0.1) is 11.6 Å². The zero-order chi connectivity index (χ0) is 11.5. The third-order valence-electron chi connectivity index (χ3n) is 1.88. The van der Waals surface area contributed by atoms with Crippen LogP contribution in [0.15, 0.2) is 32.7 Å². The van der Waals surface area contributed by atoms with Crippen molar-refractivity contribution in [1.29, 1.82) is 0 Å². The second kappa shape index (κ2) is 5.16. The molecule has 1 aromatic heterocycles. The zero-order valence-electron chi connectivity index (χ0n) is 8.33. The molecule has 0 atom stereocenters. The smallest absolute Gasteiger partial charge is 0.188 e. The van der Waals surface area contributed by atoms with Gasteiger partial charge in [0, 0.05) is 11.1 Å².